The first-order chi connectivity index (χ1) is 10.4. The summed E-state index contributed by atoms with van der Waals surface area (Å²) in [6.07, 6.45) is 4.57. The van der Waals surface area contributed by atoms with Gasteiger partial charge in [-0.05, 0) is 37.8 Å². The highest BCUT2D eigenvalue weighted by atomic mass is 16.2. The maximum Gasteiger partial charge on any atom is 0.250 e. The van der Waals surface area contributed by atoms with Crippen molar-refractivity contribution >= 4 is 17.5 Å². The second-order valence-electron chi connectivity index (χ2n) is 6.39. The van der Waals surface area contributed by atoms with Gasteiger partial charge in [-0.15, -0.1) is 0 Å². The number of rotatable bonds is 3. The number of hydrogen-bond donors (Lipinski definition) is 1. The number of para-hydroxylation sites is 1. The molecule has 0 heterocycles. The van der Waals surface area contributed by atoms with E-state index in [1.54, 1.807) is 11.9 Å². The molecular formula is C18H26N2O2. The molecule has 22 heavy (non-hydrogen) atoms. The van der Waals surface area contributed by atoms with Gasteiger partial charge in [0.1, 0.15) is 5.54 Å². The van der Waals surface area contributed by atoms with Crippen LogP contribution in [0.25, 0.3) is 0 Å². The molecule has 1 N–H and O–H groups in total. The molecule has 0 radical (unpaired) electrons. The zero-order valence-corrected chi connectivity index (χ0v) is 14.0. The lowest BCUT2D eigenvalue weighted by atomic mass is 9.79. The number of nitrogens with one attached hydrogen (secondary N) is 1. The van der Waals surface area contributed by atoms with Crippen molar-refractivity contribution in [2.24, 2.45) is 0 Å². The van der Waals surface area contributed by atoms with Gasteiger partial charge in [0, 0.05) is 19.7 Å². The van der Waals surface area contributed by atoms with E-state index in [0.29, 0.717) is 0 Å². The van der Waals surface area contributed by atoms with Crippen LogP contribution in [0.3, 0.4) is 0 Å². The number of amides is 2. The fourth-order valence-corrected chi connectivity index (χ4v) is 3.39. The van der Waals surface area contributed by atoms with Gasteiger partial charge in [-0.25, -0.2) is 0 Å². The molecule has 0 atom stereocenters. The van der Waals surface area contributed by atoms with E-state index in [9.17, 15) is 9.59 Å². The molecule has 120 valence electrons. The van der Waals surface area contributed by atoms with Crippen LogP contribution in [0.4, 0.5) is 5.69 Å². The van der Waals surface area contributed by atoms with Crippen molar-refractivity contribution in [3.8, 4) is 0 Å². The molecule has 0 aromatic heterocycles. The van der Waals surface area contributed by atoms with Gasteiger partial charge in [0.2, 0.25) is 11.8 Å². The second-order valence-corrected chi connectivity index (χ2v) is 6.39. The Morgan fingerprint density at radius 2 is 1.64 bits per heavy atom. The molecule has 0 spiro atoms. The van der Waals surface area contributed by atoms with Crippen LogP contribution in [0.5, 0.6) is 0 Å². The van der Waals surface area contributed by atoms with Crippen molar-refractivity contribution in [1.82, 2.24) is 4.90 Å². The smallest absolute Gasteiger partial charge is 0.250 e. The molecular weight excluding hydrogens is 276 g/mol. The average molecular weight is 302 g/mol. The lowest BCUT2D eigenvalue weighted by molar-refractivity contribution is -0.144. The summed E-state index contributed by atoms with van der Waals surface area (Å²) in [5, 5.41) is 3.09. The molecule has 1 aliphatic rings. The van der Waals surface area contributed by atoms with Crippen LogP contribution in [-0.2, 0) is 9.59 Å². The van der Waals surface area contributed by atoms with Crippen LogP contribution in [0.2, 0.25) is 0 Å². The molecule has 2 amide bonds. The third-order valence-corrected chi connectivity index (χ3v) is 4.94. The van der Waals surface area contributed by atoms with Crippen molar-refractivity contribution in [2.75, 3.05) is 12.4 Å². The monoisotopic (exact) mass is 302 g/mol. The van der Waals surface area contributed by atoms with Crippen molar-refractivity contribution < 1.29 is 9.59 Å². The molecule has 0 saturated heterocycles. The number of carbonyl (C=O) groups excluding carboxylic acids is 2. The standard InChI is InChI=1S/C18H26N2O2/c1-13-9-8-10-14(2)16(13)19-17(22)18(20(4)15(3)21)11-6-5-7-12-18/h8-10H,5-7,11-12H2,1-4H3,(H,19,22). The fraction of sp³-hybridized carbons (Fsp3) is 0.556. The number of nitrogens with zero attached hydrogens (tertiary/aromatic N) is 1. The average Bonchev–Trinajstić information content (AvgIpc) is 2.50. The largest absolute Gasteiger partial charge is 0.331 e. The van der Waals surface area contributed by atoms with E-state index >= 15 is 0 Å². The Kier molecular flexibility index (Phi) is 4.89. The van der Waals surface area contributed by atoms with Crippen LogP contribution < -0.4 is 5.32 Å². The zero-order valence-electron chi connectivity index (χ0n) is 14.0. The van der Waals surface area contributed by atoms with Crippen molar-refractivity contribution in [3.05, 3.63) is 29.3 Å². The summed E-state index contributed by atoms with van der Waals surface area (Å²) in [5.74, 6) is -0.110. The number of aryl methyl sites for hydroxylation is 2. The number of benzene rings is 1. The SMILES string of the molecule is CC(=O)N(C)C1(C(=O)Nc2c(C)cccc2C)CCCCC1. The Balaban J connectivity index is 2.32. The van der Waals surface area contributed by atoms with E-state index in [4.69, 9.17) is 0 Å². The molecule has 1 aromatic carbocycles. The molecule has 1 saturated carbocycles. The van der Waals surface area contributed by atoms with Crippen LogP contribution >= 0.6 is 0 Å². The summed E-state index contributed by atoms with van der Waals surface area (Å²) in [4.78, 5) is 26.6. The zero-order chi connectivity index (χ0) is 16.3. The van der Waals surface area contributed by atoms with E-state index in [-0.39, 0.29) is 11.8 Å². The molecule has 4 heteroatoms. The van der Waals surface area contributed by atoms with Gasteiger partial charge in [-0.2, -0.15) is 0 Å². The lowest BCUT2D eigenvalue weighted by Gasteiger charge is -2.42. The molecule has 1 fully saturated rings. The van der Waals surface area contributed by atoms with E-state index in [0.717, 1.165) is 48.9 Å². The van der Waals surface area contributed by atoms with E-state index < -0.39 is 5.54 Å². The Morgan fingerprint density at radius 1 is 1.09 bits per heavy atom. The maximum absolute atomic E-state index is 13.0. The number of anilines is 1. The van der Waals surface area contributed by atoms with Gasteiger partial charge < -0.3 is 10.2 Å². The van der Waals surface area contributed by atoms with Crippen molar-refractivity contribution in [2.45, 2.75) is 58.4 Å². The molecule has 1 aliphatic carbocycles. The Bertz CT molecular complexity index is 554. The summed E-state index contributed by atoms with van der Waals surface area (Å²) in [7, 11) is 1.75. The van der Waals surface area contributed by atoms with E-state index in [1.807, 2.05) is 32.0 Å². The van der Waals surface area contributed by atoms with Gasteiger partial charge in [0.05, 0.1) is 0 Å². The minimum Gasteiger partial charge on any atom is -0.331 e. The molecule has 0 bridgehead atoms. The quantitative estimate of drug-likeness (QED) is 0.930. The van der Waals surface area contributed by atoms with Gasteiger partial charge in [-0.1, -0.05) is 37.5 Å². The molecule has 4 nitrogen and oxygen atoms in total. The highest BCUT2D eigenvalue weighted by Gasteiger charge is 2.44. The van der Waals surface area contributed by atoms with Crippen LogP contribution in [0, 0.1) is 13.8 Å². The highest BCUT2D eigenvalue weighted by molar-refractivity contribution is 6.01. The predicted molar refractivity (Wildman–Crippen MR) is 88.8 cm³/mol. The van der Waals surface area contributed by atoms with Gasteiger partial charge in [-0.3, -0.25) is 9.59 Å². The van der Waals surface area contributed by atoms with E-state index in [1.165, 1.54) is 6.92 Å². The molecule has 1 aromatic rings. The summed E-state index contributed by atoms with van der Waals surface area (Å²) < 4.78 is 0. The third-order valence-electron chi connectivity index (χ3n) is 4.94. The predicted octanol–water partition coefficient (Wildman–Crippen LogP) is 3.42. The van der Waals surface area contributed by atoms with Gasteiger partial charge in [0.15, 0.2) is 0 Å². The molecule has 0 aliphatic heterocycles. The first kappa shape index (κ1) is 16.5. The number of hydrogen-bond acceptors (Lipinski definition) is 2. The minimum absolute atomic E-state index is 0.0534. The van der Waals surface area contributed by atoms with Crippen LogP contribution in [0.15, 0.2) is 18.2 Å². The lowest BCUT2D eigenvalue weighted by Crippen LogP contribution is -2.58. The minimum atomic E-state index is -0.710. The summed E-state index contributed by atoms with van der Waals surface area (Å²) in [6, 6.07) is 5.97. The Morgan fingerprint density at radius 3 is 2.14 bits per heavy atom. The number of likely N-dealkylation sites (N-methyl/N-ethyl adjacent to an activating group) is 1. The van der Waals surface area contributed by atoms with Gasteiger partial charge in [0.25, 0.3) is 0 Å². The highest BCUT2D eigenvalue weighted by Crippen LogP contribution is 2.35. The van der Waals surface area contributed by atoms with Crippen molar-refractivity contribution in [1.29, 1.82) is 0 Å². The van der Waals surface area contributed by atoms with Crippen LogP contribution in [-0.4, -0.2) is 29.3 Å². The van der Waals surface area contributed by atoms with Crippen LogP contribution in [0.1, 0.15) is 50.2 Å². The normalized spacial score (nSPS) is 16.9. The van der Waals surface area contributed by atoms with Crippen molar-refractivity contribution in [3.63, 3.8) is 0 Å². The summed E-state index contributed by atoms with van der Waals surface area (Å²) >= 11 is 0. The van der Waals surface area contributed by atoms with E-state index in [2.05, 4.69) is 5.32 Å². The molecule has 2 rings (SSSR count). The third kappa shape index (κ3) is 3.01. The Hall–Kier alpha value is -1.84. The number of carbonyl (C=O) groups is 2. The second kappa shape index (κ2) is 6.51. The summed E-state index contributed by atoms with van der Waals surface area (Å²) in [5.41, 5.74) is 2.25. The first-order valence-corrected chi connectivity index (χ1v) is 8.00. The maximum atomic E-state index is 13.0. The molecule has 0 unspecified atom stereocenters. The fourth-order valence-electron chi connectivity index (χ4n) is 3.39. The van der Waals surface area contributed by atoms with Gasteiger partial charge >= 0.3 is 0 Å². The Labute approximate surface area is 132 Å². The topological polar surface area (TPSA) is 49.4 Å². The first-order valence-electron chi connectivity index (χ1n) is 8.00. The summed E-state index contributed by atoms with van der Waals surface area (Å²) in [6.45, 7) is 5.51.